The predicted molar refractivity (Wildman–Crippen MR) is 354 cm³/mol. The van der Waals surface area contributed by atoms with Crippen molar-refractivity contribution in [3.05, 3.63) is 212 Å². The SMILES string of the molecule is O=C(O)/C(Cc1ccccc1[N+](=O)[O-])=N/Nc1nc2c(s1)CCc1c-2ccc(Cl)c1Cl.O=C(O)/C(Cc1ccccc1[N+](=O)[O-])=N/Nc1nc2c(s1)CCc1cc(Cl)c(Cl)cc1-2.O=C(O)c1nn(-c2nc3c(s2)CCc2cc(Cl)c(Cl)cc2-3)c2ccc([N+](=O)[O-])cc12. The first kappa shape index (κ1) is 64.5. The summed E-state index contributed by atoms with van der Waals surface area (Å²) in [5, 5.41) is 78.5. The van der Waals surface area contributed by atoms with Gasteiger partial charge in [0.2, 0.25) is 15.4 Å². The second-order valence-electron chi connectivity index (χ2n) is 20.2. The van der Waals surface area contributed by atoms with Crippen LogP contribution in [0.4, 0.5) is 27.3 Å². The number of non-ortho nitro benzene ring substituents is 1. The number of benzene rings is 6. The van der Waals surface area contributed by atoms with Crippen LogP contribution >= 0.6 is 104 Å². The number of hydrogen-bond donors (Lipinski definition) is 5. The first-order valence-corrected chi connectivity index (χ1v) is 31.6. The smallest absolute Gasteiger partial charge is 0.357 e. The predicted octanol–water partition coefficient (Wildman–Crippen LogP) is 15.6. The quantitative estimate of drug-likeness (QED) is 0.0361. The Morgan fingerprint density at radius 3 is 1.52 bits per heavy atom. The van der Waals surface area contributed by atoms with Gasteiger partial charge in [-0.3, -0.25) is 41.2 Å². The Morgan fingerprint density at radius 2 is 1.02 bits per heavy atom. The average Bonchev–Trinajstić information content (AvgIpc) is 1.59. The van der Waals surface area contributed by atoms with Crippen LogP contribution in [0.5, 0.6) is 0 Å². The summed E-state index contributed by atoms with van der Waals surface area (Å²) in [5.41, 5.74) is 13.0. The van der Waals surface area contributed by atoms with Crippen LogP contribution in [0.2, 0.25) is 30.1 Å². The number of aromatic nitrogens is 5. The third-order valence-corrected chi connectivity index (χ3v) is 20.0. The molecule has 0 unspecified atom stereocenters. The van der Waals surface area contributed by atoms with Gasteiger partial charge in [0.05, 0.1) is 67.5 Å². The number of fused-ring (bicyclic) bond motifs is 10. The first-order valence-electron chi connectivity index (χ1n) is 26.9. The van der Waals surface area contributed by atoms with E-state index in [1.165, 1.54) is 93.3 Å². The monoisotopic (exact) mass is 1410 g/mol. The molecule has 3 aliphatic rings. The van der Waals surface area contributed by atoms with E-state index in [1.807, 2.05) is 18.2 Å². The Kier molecular flexibility index (Phi) is 19.0. The van der Waals surface area contributed by atoms with Gasteiger partial charge < -0.3 is 15.3 Å². The van der Waals surface area contributed by atoms with Crippen molar-refractivity contribution in [1.82, 2.24) is 24.7 Å². The number of nitrogens with zero attached hydrogens (tertiary/aromatic N) is 10. The normalized spacial score (nSPS) is 12.7. The minimum absolute atomic E-state index is 0.159. The van der Waals surface area contributed by atoms with Crippen molar-refractivity contribution in [1.29, 1.82) is 0 Å². The molecule has 0 saturated carbocycles. The van der Waals surface area contributed by atoms with Gasteiger partial charge in [0.25, 0.3) is 17.1 Å². The molecule has 13 rings (SSSR count). The second kappa shape index (κ2) is 27.0. The van der Waals surface area contributed by atoms with Crippen molar-refractivity contribution in [2.75, 3.05) is 10.9 Å². The number of carbonyl (C=O) groups is 3. The molecule has 92 heavy (non-hydrogen) atoms. The number of nitrogens with one attached hydrogen (secondary N) is 2. The Hall–Kier alpha value is -9.03. The molecule has 466 valence electrons. The molecule has 0 radical (unpaired) electrons. The van der Waals surface area contributed by atoms with Crippen LogP contribution in [0.15, 0.2) is 113 Å². The summed E-state index contributed by atoms with van der Waals surface area (Å²) in [6.07, 6.45) is 4.15. The molecule has 24 nitrogen and oxygen atoms in total. The van der Waals surface area contributed by atoms with Crippen LogP contribution in [0.3, 0.4) is 0 Å². The topological polar surface area (TPSA) is 347 Å². The minimum atomic E-state index is -1.28. The number of nitro benzene ring substituents is 3. The molecule has 0 spiro atoms. The van der Waals surface area contributed by atoms with Gasteiger partial charge in [0.15, 0.2) is 5.69 Å². The Bertz CT molecular complexity index is 4690. The number of carboxylic acids is 3. The molecule has 3 aliphatic carbocycles. The van der Waals surface area contributed by atoms with Gasteiger partial charge in [-0.15, -0.1) is 0 Å². The van der Waals surface area contributed by atoms with Crippen LogP contribution < -0.4 is 10.9 Å². The maximum atomic E-state index is 11.7. The number of halogens is 6. The van der Waals surface area contributed by atoms with E-state index < -0.39 is 32.7 Å². The Morgan fingerprint density at radius 1 is 0.543 bits per heavy atom. The molecule has 4 heterocycles. The van der Waals surface area contributed by atoms with Crippen LogP contribution in [0.1, 0.15) is 52.9 Å². The summed E-state index contributed by atoms with van der Waals surface area (Å²) in [7, 11) is 0. The average molecular weight is 1420 g/mol. The molecule has 0 saturated heterocycles. The van der Waals surface area contributed by atoms with E-state index in [2.05, 4.69) is 36.1 Å². The van der Waals surface area contributed by atoms with E-state index in [1.54, 1.807) is 30.3 Å². The van der Waals surface area contributed by atoms with Crippen molar-refractivity contribution in [3.8, 4) is 38.9 Å². The lowest BCUT2D eigenvalue weighted by Gasteiger charge is -2.16. The fourth-order valence-corrected chi connectivity index (χ4v) is 14.3. The molecule has 0 amide bonds. The van der Waals surface area contributed by atoms with Crippen LogP contribution in [0, 0.1) is 30.3 Å². The zero-order valence-corrected chi connectivity index (χ0v) is 53.4. The fraction of sp³-hybridized carbons (Fsp3) is 0.136. The number of carboxylic acid groups (broad SMARTS) is 3. The molecule has 4 aromatic heterocycles. The Balaban J connectivity index is 0.000000141. The number of para-hydroxylation sites is 2. The number of anilines is 2. The number of hydrogen-bond acceptors (Lipinski definition) is 20. The number of hydrazone groups is 2. The van der Waals surface area contributed by atoms with Gasteiger partial charge in [-0.05, 0) is 91.6 Å². The number of aromatic carboxylic acids is 1. The zero-order valence-electron chi connectivity index (χ0n) is 46.5. The van der Waals surface area contributed by atoms with Gasteiger partial charge in [0, 0.05) is 84.9 Å². The zero-order chi connectivity index (χ0) is 65.4. The third kappa shape index (κ3) is 13.5. The number of nitro groups is 3. The minimum Gasteiger partial charge on any atom is -0.477 e. The van der Waals surface area contributed by atoms with Gasteiger partial charge in [-0.2, -0.15) is 15.3 Å². The van der Waals surface area contributed by atoms with E-state index >= 15 is 0 Å². The lowest BCUT2D eigenvalue weighted by Crippen LogP contribution is -2.18. The summed E-state index contributed by atoms with van der Waals surface area (Å²) in [6, 6.07) is 26.8. The van der Waals surface area contributed by atoms with Crippen LogP contribution in [-0.4, -0.2) is 84.2 Å². The maximum Gasteiger partial charge on any atom is 0.357 e. The van der Waals surface area contributed by atoms with Gasteiger partial charge >= 0.3 is 17.9 Å². The summed E-state index contributed by atoms with van der Waals surface area (Å²) in [4.78, 5) is 83.7. The molecule has 0 bridgehead atoms. The largest absolute Gasteiger partial charge is 0.477 e. The summed E-state index contributed by atoms with van der Waals surface area (Å²) in [6.45, 7) is 0. The van der Waals surface area contributed by atoms with E-state index in [0.717, 1.165) is 104 Å². The van der Waals surface area contributed by atoms with E-state index in [9.17, 15) is 60.0 Å². The third-order valence-electron chi connectivity index (χ3n) is 14.6. The molecule has 33 heteroatoms. The molecule has 6 aromatic carbocycles. The summed E-state index contributed by atoms with van der Waals surface area (Å²) < 4.78 is 1.42. The van der Waals surface area contributed by atoms with Gasteiger partial charge in [-0.1, -0.05) is 146 Å². The molecule has 0 aliphatic heterocycles. The second-order valence-corrected chi connectivity index (χ2v) is 25.8. The van der Waals surface area contributed by atoms with Crippen molar-refractivity contribution in [2.45, 2.75) is 51.4 Å². The Labute approximate surface area is 559 Å². The van der Waals surface area contributed by atoms with Crippen molar-refractivity contribution in [3.63, 3.8) is 0 Å². The van der Waals surface area contributed by atoms with Gasteiger partial charge in [-0.25, -0.2) is 34.0 Å². The number of rotatable bonds is 15. The number of aliphatic carboxylic acids is 2. The molecule has 0 fully saturated rings. The fourth-order valence-electron chi connectivity index (χ4n) is 10.3. The van der Waals surface area contributed by atoms with Crippen molar-refractivity contribution < 1.29 is 44.5 Å². The highest BCUT2D eigenvalue weighted by Gasteiger charge is 2.29. The lowest BCUT2D eigenvalue weighted by molar-refractivity contribution is -0.385. The number of thiazole rings is 3. The van der Waals surface area contributed by atoms with Crippen molar-refractivity contribution >= 4 is 171 Å². The molecule has 5 N–H and O–H groups in total. The molecule has 0 atom stereocenters. The molecule has 10 aromatic rings. The molecular formula is C59H38Cl6N12O12S3. The van der Waals surface area contributed by atoms with Crippen LogP contribution in [0.25, 0.3) is 49.8 Å². The van der Waals surface area contributed by atoms with Crippen molar-refractivity contribution in [2.24, 2.45) is 10.2 Å². The first-order chi connectivity index (χ1) is 44.0. The highest BCUT2D eigenvalue weighted by atomic mass is 35.5. The van der Waals surface area contributed by atoms with E-state index in [4.69, 9.17) is 74.6 Å². The number of aryl methyl sites for hydroxylation is 5. The van der Waals surface area contributed by atoms with E-state index in [0.29, 0.717) is 51.0 Å². The van der Waals surface area contributed by atoms with Crippen LogP contribution in [-0.2, 0) is 61.0 Å². The highest BCUT2D eigenvalue weighted by Crippen LogP contribution is 2.45. The van der Waals surface area contributed by atoms with Gasteiger partial charge in [0.1, 0.15) is 11.4 Å². The standard InChI is InChI=1S/2C20H14Cl2N4O4S.C19H10Cl2N4O4S/c21-13-7-5-12-11(17(13)22)6-8-16-18(12)23-20(31-16)25-24-14(19(27)28)9-10-3-1-2-4-15(10)26(29)30;21-13-7-10-5-6-17-18(12(10)9-14(13)22)23-20(31-17)25-24-15(19(27)28)8-11-3-1-2-4-16(11)26(29)30;20-12-5-8-1-4-15-16(10(8)7-13(12)21)22-19(30-15)24-14-3-2-9(25(28)29)6-11(14)17(23-24)18(26)27/h1-5,7H,6,8-9H2,(H,23,25)(H,27,28);1-4,7,9H,5-6,8H2,(H,23,25)(H,27,28);2-3,5-7H,1,4H2,(H,26,27)/b24-14+;24-15+;. The summed E-state index contributed by atoms with van der Waals surface area (Å²) >= 11 is 41.2. The summed E-state index contributed by atoms with van der Waals surface area (Å²) in [5.74, 6) is -3.83. The maximum absolute atomic E-state index is 11.7. The van der Waals surface area contributed by atoms with E-state index in [-0.39, 0.29) is 63.5 Å². The lowest BCUT2D eigenvalue weighted by atomic mass is 9.93. The molecular weight excluding hydrogens is 1380 g/mol. The highest BCUT2D eigenvalue weighted by molar-refractivity contribution is 7.16.